The minimum Gasteiger partial charge on any atom is -0.373 e. The number of nitrogens with zero attached hydrogens (tertiary/aromatic N) is 1. The minimum atomic E-state index is -4.38. The van der Waals surface area contributed by atoms with E-state index in [1.807, 2.05) is 31.2 Å². The van der Waals surface area contributed by atoms with Crippen molar-refractivity contribution in [1.82, 2.24) is 15.5 Å². The summed E-state index contributed by atoms with van der Waals surface area (Å²) in [5.74, 6) is -0.844. The largest absolute Gasteiger partial charge is 0.405 e. The first-order chi connectivity index (χ1) is 13.4. The van der Waals surface area contributed by atoms with Crippen LogP contribution in [0.25, 0.3) is 0 Å². The van der Waals surface area contributed by atoms with E-state index < -0.39 is 30.8 Å². The third-order valence-electron chi connectivity index (χ3n) is 5.50. The van der Waals surface area contributed by atoms with E-state index in [-0.39, 0.29) is 18.3 Å². The molecule has 0 bridgehead atoms. The normalized spacial score (nSPS) is 24.4. The molecule has 3 rings (SSSR count). The maximum atomic E-state index is 13.5. The van der Waals surface area contributed by atoms with Gasteiger partial charge in [0.05, 0.1) is 12.0 Å². The van der Waals surface area contributed by atoms with E-state index in [0.29, 0.717) is 39.2 Å². The Hall–Kier alpha value is -1.35. The smallest absolute Gasteiger partial charge is 0.373 e. The van der Waals surface area contributed by atoms with E-state index >= 15 is 0 Å². The topological polar surface area (TPSA) is 53.6 Å². The molecule has 164 valence electrons. The highest BCUT2D eigenvalue weighted by molar-refractivity contribution is 5.85. The van der Waals surface area contributed by atoms with Crippen molar-refractivity contribution in [2.45, 2.75) is 38.1 Å². The number of piperazine rings is 1. The van der Waals surface area contributed by atoms with E-state index in [1.165, 1.54) is 4.90 Å². The highest BCUT2D eigenvalue weighted by Gasteiger charge is 2.44. The lowest BCUT2D eigenvalue weighted by atomic mass is 9.88. The molecule has 0 aromatic heterocycles. The van der Waals surface area contributed by atoms with Crippen molar-refractivity contribution in [1.29, 1.82) is 0 Å². The molecule has 0 aliphatic carbocycles. The Labute approximate surface area is 175 Å². The van der Waals surface area contributed by atoms with Gasteiger partial charge in [0.25, 0.3) is 0 Å². The Morgan fingerprint density at radius 2 is 1.93 bits per heavy atom. The van der Waals surface area contributed by atoms with Gasteiger partial charge >= 0.3 is 6.18 Å². The van der Waals surface area contributed by atoms with Gasteiger partial charge in [-0.25, -0.2) is 0 Å². The second-order valence-electron chi connectivity index (χ2n) is 7.54. The molecule has 2 N–H and O–H groups in total. The molecule has 0 radical (unpaired) electrons. The van der Waals surface area contributed by atoms with Gasteiger partial charge in [0.2, 0.25) is 5.91 Å². The molecule has 2 fully saturated rings. The summed E-state index contributed by atoms with van der Waals surface area (Å²) in [6, 6.07) is 6.08. The molecule has 0 spiro atoms. The van der Waals surface area contributed by atoms with Gasteiger partial charge in [-0.1, -0.05) is 29.8 Å². The molecular weight excluding hydrogens is 407 g/mol. The summed E-state index contributed by atoms with van der Waals surface area (Å²) in [5, 5.41) is 5.62. The molecule has 2 saturated heterocycles. The zero-order valence-electron chi connectivity index (χ0n) is 16.5. The summed E-state index contributed by atoms with van der Waals surface area (Å²) < 4.78 is 46.4. The maximum absolute atomic E-state index is 13.5. The predicted molar refractivity (Wildman–Crippen MR) is 107 cm³/mol. The molecule has 2 heterocycles. The van der Waals surface area contributed by atoms with Gasteiger partial charge in [-0.2, -0.15) is 13.2 Å². The van der Waals surface area contributed by atoms with Gasteiger partial charge in [-0.05, 0) is 25.3 Å². The summed E-state index contributed by atoms with van der Waals surface area (Å²) >= 11 is 0. The first kappa shape index (κ1) is 23.9. The van der Waals surface area contributed by atoms with Gasteiger partial charge < -0.3 is 15.4 Å². The quantitative estimate of drug-likeness (QED) is 0.746. The van der Waals surface area contributed by atoms with Crippen LogP contribution in [0.4, 0.5) is 13.2 Å². The number of halogens is 4. The number of amides is 1. The van der Waals surface area contributed by atoms with Crippen molar-refractivity contribution in [3.05, 3.63) is 35.4 Å². The lowest BCUT2D eigenvalue weighted by Crippen LogP contribution is -2.58. The Kier molecular flexibility index (Phi) is 8.75. The average molecular weight is 436 g/mol. The van der Waals surface area contributed by atoms with Crippen LogP contribution in [0, 0.1) is 12.8 Å². The first-order valence-corrected chi connectivity index (χ1v) is 9.83. The molecule has 9 heteroatoms. The molecule has 3 atom stereocenters. The number of ether oxygens (including phenoxy) is 1. The van der Waals surface area contributed by atoms with Crippen LogP contribution >= 0.6 is 12.4 Å². The predicted octanol–water partition coefficient (Wildman–Crippen LogP) is 2.84. The van der Waals surface area contributed by atoms with Crippen LogP contribution in [0.2, 0.25) is 0 Å². The third-order valence-corrected chi connectivity index (χ3v) is 5.50. The van der Waals surface area contributed by atoms with Crippen molar-refractivity contribution in [3.8, 4) is 0 Å². The molecule has 1 amide bonds. The van der Waals surface area contributed by atoms with E-state index in [4.69, 9.17) is 4.74 Å². The van der Waals surface area contributed by atoms with Gasteiger partial charge in [-0.15, -0.1) is 12.4 Å². The summed E-state index contributed by atoms with van der Waals surface area (Å²) in [4.78, 5) is 14.2. The van der Waals surface area contributed by atoms with Crippen LogP contribution in [0.15, 0.2) is 24.3 Å². The van der Waals surface area contributed by atoms with E-state index in [0.717, 1.165) is 17.5 Å². The van der Waals surface area contributed by atoms with Gasteiger partial charge in [0.15, 0.2) is 0 Å². The van der Waals surface area contributed by atoms with Gasteiger partial charge in [0.1, 0.15) is 6.04 Å². The summed E-state index contributed by atoms with van der Waals surface area (Å²) in [7, 11) is 0. The van der Waals surface area contributed by atoms with Crippen molar-refractivity contribution < 1.29 is 22.7 Å². The molecule has 5 nitrogen and oxygen atoms in total. The second-order valence-corrected chi connectivity index (χ2v) is 7.54. The van der Waals surface area contributed by atoms with Crippen molar-refractivity contribution in [2.24, 2.45) is 5.92 Å². The highest BCUT2D eigenvalue weighted by Crippen LogP contribution is 2.34. The second kappa shape index (κ2) is 10.6. The van der Waals surface area contributed by atoms with Crippen LogP contribution in [0.1, 0.15) is 30.1 Å². The molecule has 1 aromatic rings. The van der Waals surface area contributed by atoms with Gasteiger partial charge in [0, 0.05) is 39.3 Å². The van der Waals surface area contributed by atoms with E-state index in [2.05, 4.69) is 10.6 Å². The third kappa shape index (κ3) is 6.31. The molecule has 2 aliphatic heterocycles. The maximum Gasteiger partial charge on any atom is 0.405 e. The zero-order valence-corrected chi connectivity index (χ0v) is 17.3. The number of hydrogen-bond donors (Lipinski definition) is 2. The monoisotopic (exact) mass is 435 g/mol. The molecule has 29 heavy (non-hydrogen) atoms. The lowest BCUT2D eigenvalue weighted by molar-refractivity contribution is -0.184. The Morgan fingerprint density at radius 1 is 1.28 bits per heavy atom. The van der Waals surface area contributed by atoms with Crippen LogP contribution in [0.3, 0.4) is 0 Å². The number of benzene rings is 1. The standard InChI is InChI=1S/C20H28F3N3O2.ClH/c1-14-4-6-15(7-5-14)18-16(3-2-12-28-18)19(27)25-13-17(20(21,22)23)26-10-8-24-9-11-26;/h4-7,16-18,24H,2-3,8-13H2,1H3,(H,25,27);1H. The van der Waals surface area contributed by atoms with E-state index in [9.17, 15) is 18.0 Å². The van der Waals surface area contributed by atoms with Crippen LogP contribution in [0.5, 0.6) is 0 Å². The molecule has 0 saturated carbocycles. The summed E-state index contributed by atoms with van der Waals surface area (Å²) in [6.07, 6.45) is -3.47. The number of rotatable bonds is 5. The fourth-order valence-electron chi connectivity index (χ4n) is 3.91. The number of nitrogens with one attached hydrogen (secondary N) is 2. The number of alkyl halides is 3. The number of hydrogen-bond acceptors (Lipinski definition) is 4. The van der Waals surface area contributed by atoms with E-state index in [1.54, 1.807) is 0 Å². The number of carbonyl (C=O) groups excluding carboxylic acids is 1. The van der Waals surface area contributed by atoms with Crippen molar-refractivity contribution in [2.75, 3.05) is 39.3 Å². The lowest BCUT2D eigenvalue weighted by Gasteiger charge is -2.37. The Balaban J connectivity index is 0.00000300. The fourth-order valence-corrected chi connectivity index (χ4v) is 3.91. The summed E-state index contributed by atoms with van der Waals surface area (Å²) in [6.45, 7) is 3.77. The van der Waals surface area contributed by atoms with Crippen LogP contribution in [-0.2, 0) is 9.53 Å². The van der Waals surface area contributed by atoms with Gasteiger partial charge in [-0.3, -0.25) is 9.69 Å². The number of aryl methyl sites for hydroxylation is 1. The average Bonchev–Trinajstić information content (AvgIpc) is 2.68. The fraction of sp³-hybridized carbons (Fsp3) is 0.650. The SMILES string of the molecule is Cc1ccc(C2OCCCC2C(=O)NCC(N2CCNCC2)C(F)(F)F)cc1.Cl. The zero-order chi connectivity index (χ0) is 20.1. The summed E-state index contributed by atoms with van der Waals surface area (Å²) in [5.41, 5.74) is 1.99. The van der Waals surface area contributed by atoms with Crippen LogP contribution < -0.4 is 10.6 Å². The number of carbonyl (C=O) groups is 1. The molecule has 1 aromatic carbocycles. The highest BCUT2D eigenvalue weighted by atomic mass is 35.5. The first-order valence-electron chi connectivity index (χ1n) is 9.83. The van der Waals surface area contributed by atoms with Crippen molar-refractivity contribution >= 4 is 18.3 Å². The molecule has 3 unspecified atom stereocenters. The van der Waals surface area contributed by atoms with Crippen LogP contribution in [-0.4, -0.2) is 62.4 Å². The molecule has 2 aliphatic rings. The molecular formula is C20H29ClF3N3O2. The Bertz CT molecular complexity index is 651. The van der Waals surface area contributed by atoms with Crippen molar-refractivity contribution in [3.63, 3.8) is 0 Å². The minimum absolute atomic E-state index is 0. The Morgan fingerprint density at radius 3 is 2.55 bits per heavy atom.